The summed E-state index contributed by atoms with van der Waals surface area (Å²) < 4.78 is 6.45. The highest BCUT2D eigenvalue weighted by molar-refractivity contribution is 5.89. The van der Waals surface area contributed by atoms with Crippen molar-refractivity contribution in [3.63, 3.8) is 0 Å². The highest BCUT2D eigenvalue weighted by atomic mass is 16.5. The minimum Gasteiger partial charge on any atom is -0.492 e. The van der Waals surface area contributed by atoms with Crippen LogP contribution >= 0.6 is 0 Å². The molecule has 0 saturated carbocycles. The number of benzene rings is 1. The van der Waals surface area contributed by atoms with Crippen molar-refractivity contribution in [1.82, 2.24) is 4.68 Å². The Morgan fingerprint density at radius 3 is 2.33 bits per heavy atom. The number of ether oxygens (including phenoxy) is 1. The highest BCUT2D eigenvalue weighted by Gasteiger charge is 2.22. The van der Waals surface area contributed by atoms with E-state index in [9.17, 15) is 20.0 Å². The second-order valence-electron chi connectivity index (χ2n) is 9.48. The molecule has 10 nitrogen and oxygen atoms in total. The summed E-state index contributed by atoms with van der Waals surface area (Å²) in [6.45, 7) is 9.60. The van der Waals surface area contributed by atoms with Gasteiger partial charge in [0.15, 0.2) is 5.69 Å². The standard InChI is InChI=1S/C29H42N6O4/c1-5-9-12-21(8-4)20-39-29(38)22-13-15-23(16-14-22)33-34-26-25(31-17-10-6-2)24(19-30)27(36)35(28(26)37)32-18-11-7-3/h13-16,21,31-32,37H,5-12,17-18,20H2,1-4H3/b34-33+. The molecule has 0 amide bonds. The molecule has 10 heteroatoms. The minimum atomic E-state index is -0.660. The molecule has 3 N–H and O–H groups in total. The number of aromatic hydroxyl groups is 1. The molecule has 0 spiro atoms. The lowest BCUT2D eigenvalue weighted by molar-refractivity contribution is 0.0428. The molecular formula is C29H42N6O4. The van der Waals surface area contributed by atoms with Crippen LogP contribution in [0.25, 0.3) is 0 Å². The minimum absolute atomic E-state index is 0.0209. The molecule has 2 aromatic rings. The van der Waals surface area contributed by atoms with Gasteiger partial charge in [-0.05, 0) is 49.4 Å². The van der Waals surface area contributed by atoms with Gasteiger partial charge in [0.2, 0.25) is 5.88 Å². The Morgan fingerprint density at radius 2 is 1.72 bits per heavy atom. The molecule has 1 aromatic carbocycles. The smallest absolute Gasteiger partial charge is 0.338 e. The third-order valence-corrected chi connectivity index (χ3v) is 6.43. The van der Waals surface area contributed by atoms with Crippen LogP contribution in [0.2, 0.25) is 0 Å². The average molecular weight is 539 g/mol. The number of hydrogen-bond donors (Lipinski definition) is 3. The number of nitriles is 1. The first-order valence-corrected chi connectivity index (χ1v) is 14.0. The molecule has 2 rings (SSSR count). The molecule has 0 bridgehead atoms. The maximum atomic E-state index is 12.9. The van der Waals surface area contributed by atoms with Crippen molar-refractivity contribution in [1.29, 1.82) is 5.26 Å². The van der Waals surface area contributed by atoms with E-state index in [0.717, 1.165) is 56.0 Å². The van der Waals surface area contributed by atoms with Crippen molar-refractivity contribution < 1.29 is 14.6 Å². The Balaban J connectivity index is 2.30. The molecule has 0 aliphatic carbocycles. The molecule has 0 aliphatic heterocycles. The number of carbonyl (C=O) groups excluding carboxylic acids is 1. The van der Waals surface area contributed by atoms with Gasteiger partial charge in [-0.3, -0.25) is 4.79 Å². The second-order valence-corrected chi connectivity index (χ2v) is 9.48. The number of esters is 1. The lowest BCUT2D eigenvalue weighted by Crippen LogP contribution is -2.32. The van der Waals surface area contributed by atoms with Crippen LogP contribution in [-0.2, 0) is 4.74 Å². The van der Waals surface area contributed by atoms with Gasteiger partial charge in [-0.2, -0.15) is 15.1 Å². The number of carbonyl (C=O) groups is 1. The Hall–Kier alpha value is -3.87. The largest absolute Gasteiger partial charge is 0.492 e. The van der Waals surface area contributed by atoms with Gasteiger partial charge >= 0.3 is 5.97 Å². The van der Waals surface area contributed by atoms with Gasteiger partial charge in [0, 0.05) is 13.1 Å². The van der Waals surface area contributed by atoms with E-state index < -0.39 is 17.4 Å². The zero-order valence-corrected chi connectivity index (χ0v) is 23.6. The molecule has 1 aromatic heterocycles. The van der Waals surface area contributed by atoms with E-state index in [2.05, 4.69) is 34.8 Å². The Bertz CT molecular complexity index is 1180. The van der Waals surface area contributed by atoms with Crippen molar-refractivity contribution in [2.24, 2.45) is 16.1 Å². The van der Waals surface area contributed by atoms with E-state index in [-0.39, 0.29) is 16.9 Å². The van der Waals surface area contributed by atoms with Gasteiger partial charge in [-0.25, -0.2) is 4.79 Å². The molecule has 0 saturated heterocycles. The Kier molecular flexibility index (Phi) is 13.6. The number of azo groups is 1. The first-order chi connectivity index (χ1) is 18.9. The second kappa shape index (κ2) is 16.9. The highest BCUT2D eigenvalue weighted by Crippen LogP contribution is 2.36. The van der Waals surface area contributed by atoms with E-state index >= 15 is 0 Å². The summed E-state index contributed by atoms with van der Waals surface area (Å²) in [6, 6.07) is 8.40. The van der Waals surface area contributed by atoms with Crippen LogP contribution < -0.4 is 16.3 Å². The van der Waals surface area contributed by atoms with Crippen molar-refractivity contribution in [2.75, 3.05) is 30.4 Å². The average Bonchev–Trinajstić information content (AvgIpc) is 2.95. The van der Waals surface area contributed by atoms with Gasteiger partial charge in [0.25, 0.3) is 5.56 Å². The van der Waals surface area contributed by atoms with Crippen LogP contribution in [0, 0.1) is 17.2 Å². The lowest BCUT2D eigenvalue weighted by atomic mass is 10.0. The molecule has 1 unspecified atom stereocenters. The third-order valence-electron chi connectivity index (χ3n) is 6.43. The predicted molar refractivity (Wildman–Crippen MR) is 154 cm³/mol. The molecule has 39 heavy (non-hydrogen) atoms. The zero-order chi connectivity index (χ0) is 28.6. The summed E-state index contributed by atoms with van der Waals surface area (Å²) in [4.78, 5) is 25.4. The molecule has 0 aliphatic rings. The number of nitrogens with one attached hydrogen (secondary N) is 2. The number of aromatic nitrogens is 1. The van der Waals surface area contributed by atoms with Gasteiger partial charge in [0.05, 0.1) is 23.5 Å². The summed E-state index contributed by atoms with van der Waals surface area (Å²) in [5.41, 5.74) is 2.99. The Labute approximate surface area is 231 Å². The maximum Gasteiger partial charge on any atom is 0.338 e. The number of anilines is 1. The van der Waals surface area contributed by atoms with E-state index in [1.54, 1.807) is 24.3 Å². The summed E-state index contributed by atoms with van der Waals surface area (Å²) in [7, 11) is 0. The fourth-order valence-corrected chi connectivity index (χ4v) is 3.87. The summed E-state index contributed by atoms with van der Waals surface area (Å²) in [5, 5.41) is 32.2. The van der Waals surface area contributed by atoms with Crippen LogP contribution in [0.1, 0.15) is 95.0 Å². The number of hydrogen-bond acceptors (Lipinski definition) is 9. The van der Waals surface area contributed by atoms with E-state index in [1.807, 2.05) is 19.9 Å². The van der Waals surface area contributed by atoms with E-state index in [1.165, 1.54) is 0 Å². The Morgan fingerprint density at radius 1 is 1.05 bits per heavy atom. The fourth-order valence-electron chi connectivity index (χ4n) is 3.87. The van der Waals surface area contributed by atoms with Crippen molar-refractivity contribution in [3.8, 4) is 11.9 Å². The van der Waals surface area contributed by atoms with Gasteiger partial charge in [-0.1, -0.05) is 59.8 Å². The third kappa shape index (κ3) is 9.13. The molecule has 0 fully saturated rings. The van der Waals surface area contributed by atoms with Gasteiger partial charge in [0.1, 0.15) is 11.6 Å². The lowest BCUT2D eigenvalue weighted by Gasteiger charge is -2.17. The molecular weight excluding hydrogens is 496 g/mol. The summed E-state index contributed by atoms with van der Waals surface area (Å²) in [5.74, 6) is -0.475. The molecule has 1 heterocycles. The topological polar surface area (TPSA) is 141 Å². The van der Waals surface area contributed by atoms with E-state index in [0.29, 0.717) is 36.9 Å². The number of pyridine rings is 1. The van der Waals surface area contributed by atoms with Crippen LogP contribution in [-0.4, -0.2) is 35.4 Å². The number of nitrogens with zero attached hydrogens (tertiary/aromatic N) is 4. The predicted octanol–water partition coefficient (Wildman–Crippen LogP) is 6.77. The van der Waals surface area contributed by atoms with Crippen LogP contribution in [0.3, 0.4) is 0 Å². The summed E-state index contributed by atoms with van der Waals surface area (Å²) >= 11 is 0. The normalized spacial score (nSPS) is 11.8. The van der Waals surface area contributed by atoms with Gasteiger partial charge in [-0.15, -0.1) is 5.11 Å². The summed E-state index contributed by atoms with van der Waals surface area (Å²) in [6.07, 6.45) is 7.59. The number of rotatable bonds is 17. The van der Waals surface area contributed by atoms with Crippen molar-refractivity contribution in [3.05, 3.63) is 45.7 Å². The maximum absolute atomic E-state index is 12.9. The quantitative estimate of drug-likeness (QED) is 0.115. The van der Waals surface area contributed by atoms with Crippen molar-refractivity contribution >= 4 is 23.0 Å². The number of unbranched alkanes of at least 4 members (excludes halogenated alkanes) is 3. The van der Waals surface area contributed by atoms with Crippen LogP contribution in [0.15, 0.2) is 39.3 Å². The first-order valence-electron chi connectivity index (χ1n) is 14.0. The van der Waals surface area contributed by atoms with Crippen LogP contribution in [0.4, 0.5) is 17.1 Å². The van der Waals surface area contributed by atoms with Gasteiger partial charge < -0.3 is 20.6 Å². The first kappa shape index (κ1) is 31.3. The zero-order valence-electron chi connectivity index (χ0n) is 23.6. The molecule has 0 radical (unpaired) electrons. The fraction of sp³-hybridized carbons (Fsp3) is 0.552. The molecule has 212 valence electrons. The molecule has 1 atom stereocenters. The monoisotopic (exact) mass is 538 g/mol. The SMILES string of the molecule is CCCCNc1c(/N=N/c2ccc(C(=O)OCC(CC)CCCC)cc2)c(O)n(NCCCC)c(=O)c1C#N. The van der Waals surface area contributed by atoms with E-state index in [4.69, 9.17) is 4.74 Å². The van der Waals surface area contributed by atoms with Crippen molar-refractivity contribution in [2.45, 2.75) is 79.1 Å². The van der Waals surface area contributed by atoms with Crippen LogP contribution in [0.5, 0.6) is 5.88 Å².